The number of piperazine rings is 1. The molecule has 17 heavy (non-hydrogen) atoms. The van der Waals surface area contributed by atoms with Gasteiger partial charge in [0.2, 0.25) is 6.39 Å². The minimum atomic E-state index is -3.38. The molecule has 2 rings (SSSR count). The van der Waals surface area contributed by atoms with Gasteiger partial charge in [0.05, 0.1) is 0 Å². The molecule has 0 amide bonds. The van der Waals surface area contributed by atoms with Crippen LogP contribution in [0.1, 0.15) is 5.82 Å². The summed E-state index contributed by atoms with van der Waals surface area (Å²) >= 11 is 0. The third-order valence-electron chi connectivity index (χ3n) is 2.46. The number of nitrogens with one attached hydrogen (secondary N) is 2. The van der Waals surface area contributed by atoms with Crippen LogP contribution in [0.15, 0.2) is 10.9 Å². The van der Waals surface area contributed by atoms with Gasteiger partial charge in [0.1, 0.15) is 0 Å². The van der Waals surface area contributed by atoms with Gasteiger partial charge in [0.15, 0.2) is 5.82 Å². The Morgan fingerprint density at radius 1 is 1.47 bits per heavy atom. The van der Waals surface area contributed by atoms with Gasteiger partial charge >= 0.3 is 0 Å². The van der Waals surface area contributed by atoms with E-state index in [9.17, 15) is 8.42 Å². The third-order valence-corrected chi connectivity index (χ3v) is 4.07. The minimum Gasteiger partial charge on any atom is -0.343 e. The first kappa shape index (κ1) is 12.4. The zero-order chi connectivity index (χ0) is 12.1. The smallest absolute Gasteiger partial charge is 0.279 e. The number of nitrogens with zero attached hydrogens (tertiary/aromatic N) is 3. The van der Waals surface area contributed by atoms with Gasteiger partial charge in [-0.1, -0.05) is 5.16 Å². The fourth-order valence-electron chi connectivity index (χ4n) is 1.57. The summed E-state index contributed by atoms with van der Waals surface area (Å²) in [4.78, 5) is 3.81. The molecule has 2 N–H and O–H groups in total. The van der Waals surface area contributed by atoms with Crippen LogP contribution in [-0.2, 0) is 16.6 Å². The van der Waals surface area contributed by atoms with Crippen molar-refractivity contribution in [2.75, 3.05) is 32.7 Å². The average molecular weight is 261 g/mol. The molecule has 0 aromatic carbocycles. The SMILES string of the molecule is O=S(=O)(NCCc1ncon1)N1CCNCC1. The second-order valence-corrected chi connectivity index (χ2v) is 5.40. The van der Waals surface area contributed by atoms with Crippen molar-refractivity contribution in [3.8, 4) is 0 Å². The lowest BCUT2D eigenvalue weighted by molar-refractivity contribution is 0.355. The molecule has 0 saturated carbocycles. The molecule has 1 aliphatic rings. The molecule has 0 spiro atoms. The van der Waals surface area contributed by atoms with Crippen LogP contribution in [0.4, 0.5) is 0 Å². The monoisotopic (exact) mass is 261 g/mol. The molecule has 1 saturated heterocycles. The fraction of sp³-hybridized carbons (Fsp3) is 0.750. The second-order valence-electron chi connectivity index (χ2n) is 3.65. The van der Waals surface area contributed by atoms with E-state index in [4.69, 9.17) is 0 Å². The maximum Gasteiger partial charge on any atom is 0.279 e. The lowest BCUT2D eigenvalue weighted by Gasteiger charge is -2.26. The van der Waals surface area contributed by atoms with Gasteiger partial charge < -0.3 is 9.84 Å². The maximum atomic E-state index is 11.8. The average Bonchev–Trinajstić information content (AvgIpc) is 2.83. The van der Waals surface area contributed by atoms with Crippen molar-refractivity contribution in [2.45, 2.75) is 6.42 Å². The summed E-state index contributed by atoms with van der Waals surface area (Å²) in [6.45, 7) is 2.64. The summed E-state index contributed by atoms with van der Waals surface area (Å²) in [5.41, 5.74) is 0. The summed E-state index contributed by atoms with van der Waals surface area (Å²) < 4.78 is 32.2. The van der Waals surface area contributed by atoms with Gasteiger partial charge in [-0.05, 0) is 0 Å². The molecule has 1 aromatic rings. The zero-order valence-electron chi connectivity index (χ0n) is 9.29. The van der Waals surface area contributed by atoms with E-state index in [0.29, 0.717) is 38.4 Å². The van der Waals surface area contributed by atoms with Crippen molar-refractivity contribution < 1.29 is 12.9 Å². The van der Waals surface area contributed by atoms with Crippen LogP contribution in [0.5, 0.6) is 0 Å². The Labute approximate surface area is 99.6 Å². The van der Waals surface area contributed by atoms with Gasteiger partial charge in [-0.3, -0.25) is 0 Å². The molecule has 1 aliphatic heterocycles. The molecule has 1 aromatic heterocycles. The van der Waals surface area contributed by atoms with Gasteiger partial charge in [-0.25, -0.2) is 4.72 Å². The van der Waals surface area contributed by atoms with Gasteiger partial charge in [0.25, 0.3) is 10.2 Å². The number of hydrogen-bond acceptors (Lipinski definition) is 6. The van der Waals surface area contributed by atoms with Crippen LogP contribution < -0.4 is 10.0 Å². The van der Waals surface area contributed by atoms with E-state index >= 15 is 0 Å². The Morgan fingerprint density at radius 2 is 2.24 bits per heavy atom. The predicted octanol–water partition coefficient (Wildman–Crippen LogP) is -1.65. The second kappa shape index (κ2) is 5.54. The molecule has 0 bridgehead atoms. The Morgan fingerprint density at radius 3 is 2.88 bits per heavy atom. The Kier molecular flexibility index (Phi) is 4.05. The van der Waals surface area contributed by atoms with Crippen molar-refractivity contribution in [2.24, 2.45) is 0 Å². The van der Waals surface area contributed by atoms with Gasteiger partial charge in [-0.15, -0.1) is 0 Å². The van der Waals surface area contributed by atoms with Crippen LogP contribution in [-0.4, -0.2) is 55.6 Å². The highest BCUT2D eigenvalue weighted by atomic mass is 32.2. The van der Waals surface area contributed by atoms with Crippen LogP contribution in [0, 0.1) is 0 Å². The van der Waals surface area contributed by atoms with E-state index in [1.165, 1.54) is 10.7 Å². The normalized spacial score (nSPS) is 18.4. The Hall–Kier alpha value is -1.03. The van der Waals surface area contributed by atoms with E-state index in [0.717, 1.165) is 0 Å². The largest absolute Gasteiger partial charge is 0.343 e. The molecule has 2 heterocycles. The molecular formula is C8H15N5O3S. The lowest BCUT2D eigenvalue weighted by Crippen LogP contribution is -2.50. The highest BCUT2D eigenvalue weighted by Crippen LogP contribution is 2.00. The highest BCUT2D eigenvalue weighted by molar-refractivity contribution is 7.87. The van der Waals surface area contributed by atoms with Crippen molar-refractivity contribution in [1.82, 2.24) is 24.5 Å². The van der Waals surface area contributed by atoms with Crippen molar-refractivity contribution in [3.05, 3.63) is 12.2 Å². The maximum absolute atomic E-state index is 11.8. The molecule has 0 radical (unpaired) electrons. The first-order valence-electron chi connectivity index (χ1n) is 5.39. The Balaban J connectivity index is 1.80. The molecule has 1 fully saturated rings. The van der Waals surface area contributed by atoms with E-state index < -0.39 is 10.2 Å². The fourth-order valence-corrected chi connectivity index (χ4v) is 2.78. The zero-order valence-corrected chi connectivity index (χ0v) is 10.1. The molecule has 0 unspecified atom stereocenters. The van der Waals surface area contributed by atoms with Gasteiger partial charge in [0, 0.05) is 39.1 Å². The van der Waals surface area contributed by atoms with Crippen LogP contribution in [0.2, 0.25) is 0 Å². The molecule has 9 heteroatoms. The summed E-state index contributed by atoms with van der Waals surface area (Å²) in [6, 6.07) is 0. The van der Waals surface area contributed by atoms with Crippen LogP contribution in [0.3, 0.4) is 0 Å². The highest BCUT2D eigenvalue weighted by Gasteiger charge is 2.22. The summed E-state index contributed by atoms with van der Waals surface area (Å²) in [6.07, 6.45) is 1.64. The number of aromatic nitrogens is 2. The van der Waals surface area contributed by atoms with E-state index in [-0.39, 0.29) is 6.54 Å². The summed E-state index contributed by atoms with van der Waals surface area (Å²) in [7, 11) is -3.38. The van der Waals surface area contributed by atoms with E-state index in [2.05, 4.69) is 24.7 Å². The predicted molar refractivity (Wildman–Crippen MR) is 59.4 cm³/mol. The quantitative estimate of drug-likeness (QED) is 0.659. The van der Waals surface area contributed by atoms with Crippen molar-refractivity contribution in [1.29, 1.82) is 0 Å². The first-order chi connectivity index (χ1) is 8.18. The van der Waals surface area contributed by atoms with E-state index in [1.807, 2.05) is 0 Å². The van der Waals surface area contributed by atoms with Crippen LogP contribution >= 0.6 is 0 Å². The molecule has 96 valence electrons. The Bertz CT molecular complexity index is 426. The number of rotatable bonds is 5. The van der Waals surface area contributed by atoms with Crippen LogP contribution in [0.25, 0.3) is 0 Å². The third kappa shape index (κ3) is 3.46. The molecule has 0 atom stereocenters. The number of hydrogen-bond donors (Lipinski definition) is 2. The lowest BCUT2D eigenvalue weighted by atomic mass is 10.4. The molecule has 0 aliphatic carbocycles. The summed E-state index contributed by atoms with van der Waals surface area (Å²) in [5, 5.41) is 6.70. The topological polar surface area (TPSA) is 100 Å². The summed E-state index contributed by atoms with van der Waals surface area (Å²) in [5.74, 6) is 0.494. The van der Waals surface area contributed by atoms with Crippen molar-refractivity contribution in [3.63, 3.8) is 0 Å². The molecule has 8 nitrogen and oxygen atoms in total. The first-order valence-corrected chi connectivity index (χ1v) is 6.83. The molecular weight excluding hydrogens is 246 g/mol. The van der Waals surface area contributed by atoms with E-state index in [1.54, 1.807) is 0 Å². The minimum absolute atomic E-state index is 0.270. The standard InChI is InChI=1S/C8H15N5O3S/c14-17(15,13-5-3-9-4-6-13)11-2-1-8-10-7-16-12-8/h7,9,11H,1-6H2. The van der Waals surface area contributed by atoms with Gasteiger partial charge in [-0.2, -0.15) is 17.7 Å². The van der Waals surface area contributed by atoms with Crippen molar-refractivity contribution >= 4 is 10.2 Å².